The number of fused-ring (bicyclic) bond motifs is 3. The van der Waals surface area contributed by atoms with Crippen molar-refractivity contribution in [3.8, 4) is 6.07 Å². The van der Waals surface area contributed by atoms with Gasteiger partial charge in [0.1, 0.15) is 0 Å². The molecule has 0 spiro atoms. The first-order chi connectivity index (χ1) is 12.9. The fourth-order valence-corrected chi connectivity index (χ4v) is 6.03. The quantitative estimate of drug-likeness (QED) is 0.695. The molecule has 138 valence electrons. The zero-order valence-electron chi connectivity index (χ0n) is 14.9. The van der Waals surface area contributed by atoms with Gasteiger partial charge >= 0.3 is 0 Å². The van der Waals surface area contributed by atoms with Crippen LogP contribution in [0.4, 0.5) is 0 Å². The summed E-state index contributed by atoms with van der Waals surface area (Å²) in [4.78, 5) is 3.60. The summed E-state index contributed by atoms with van der Waals surface area (Å²) in [5, 5.41) is 11.7. The van der Waals surface area contributed by atoms with Crippen LogP contribution in [0.15, 0.2) is 53.4 Å². The average Bonchev–Trinajstić information content (AvgIpc) is 3.04. The molecule has 4 nitrogen and oxygen atoms in total. The van der Waals surface area contributed by atoms with E-state index < -0.39 is 14.6 Å². The largest absolute Gasteiger partial charge is 0.358 e. The van der Waals surface area contributed by atoms with Crippen LogP contribution in [0.25, 0.3) is 10.9 Å². The topological polar surface area (TPSA) is 73.7 Å². The van der Waals surface area contributed by atoms with Crippen molar-refractivity contribution in [2.24, 2.45) is 5.92 Å². The van der Waals surface area contributed by atoms with Crippen molar-refractivity contribution < 1.29 is 8.42 Å². The van der Waals surface area contributed by atoms with Crippen LogP contribution >= 0.6 is 11.6 Å². The number of aryl methyl sites for hydroxylation is 1. The molecule has 1 aromatic heterocycles. The molecule has 2 aromatic carbocycles. The van der Waals surface area contributed by atoms with Crippen molar-refractivity contribution in [3.63, 3.8) is 0 Å². The Kier molecular flexibility index (Phi) is 4.29. The van der Waals surface area contributed by atoms with Crippen molar-refractivity contribution in [2.45, 2.75) is 35.8 Å². The van der Waals surface area contributed by atoms with E-state index in [0.717, 1.165) is 23.0 Å². The van der Waals surface area contributed by atoms with Gasteiger partial charge in [-0.2, -0.15) is 5.26 Å². The summed E-state index contributed by atoms with van der Waals surface area (Å²) in [6.07, 6.45) is 1.89. The highest BCUT2D eigenvalue weighted by atomic mass is 35.5. The number of hydrogen-bond donors (Lipinski definition) is 1. The molecule has 27 heavy (non-hydrogen) atoms. The molecule has 1 N–H and O–H groups in total. The molecule has 4 rings (SSSR count). The molecule has 0 bridgehead atoms. The maximum atomic E-state index is 13.3. The molecule has 1 aliphatic carbocycles. The maximum Gasteiger partial charge on any atom is 0.197 e. The zero-order chi connectivity index (χ0) is 19.2. The van der Waals surface area contributed by atoms with Gasteiger partial charge in [0.2, 0.25) is 0 Å². The van der Waals surface area contributed by atoms with Gasteiger partial charge in [-0.05, 0) is 68.0 Å². The fourth-order valence-electron chi connectivity index (χ4n) is 4.09. The lowest BCUT2D eigenvalue weighted by Crippen LogP contribution is -2.44. The third-order valence-corrected chi connectivity index (χ3v) is 8.43. The molecule has 1 aliphatic rings. The summed E-state index contributed by atoms with van der Waals surface area (Å²) < 4.78 is 25.0. The van der Waals surface area contributed by atoms with Crippen molar-refractivity contribution >= 4 is 32.3 Å². The molecule has 0 fully saturated rings. The number of aromatic amines is 1. The highest BCUT2D eigenvalue weighted by Gasteiger charge is 2.48. The van der Waals surface area contributed by atoms with Gasteiger partial charge in [0.05, 0.1) is 11.0 Å². The molecular formula is C21H19ClN2O2S. The summed E-state index contributed by atoms with van der Waals surface area (Å²) in [5.41, 5.74) is 3.18. The number of aromatic nitrogens is 1. The van der Waals surface area contributed by atoms with E-state index in [1.807, 2.05) is 18.2 Å². The minimum Gasteiger partial charge on any atom is -0.358 e. The van der Waals surface area contributed by atoms with Crippen LogP contribution in [0.1, 0.15) is 24.6 Å². The van der Waals surface area contributed by atoms with Crippen LogP contribution in [0.3, 0.4) is 0 Å². The molecule has 0 saturated heterocycles. The number of sulfone groups is 1. The van der Waals surface area contributed by atoms with Crippen molar-refractivity contribution in [2.75, 3.05) is 0 Å². The lowest BCUT2D eigenvalue weighted by atomic mass is 9.79. The van der Waals surface area contributed by atoms with Crippen molar-refractivity contribution in [3.05, 3.63) is 64.8 Å². The molecule has 0 aliphatic heterocycles. The number of hydrogen-bond acceptors (Lipinski definition) is 3. The van der Waals surface area contributed by atoms with Crippen LogP contribution < -0.4 is 0 Å². The minimum atomic E-state index is -3.79. The van der Waals surface area contributed by atoms with Gasteiger partial charge < -0.3 is 4.98 Å². The van der Waals surface area contributed by atoms with Gasteiger partial charge in [-0.3, -0.25) is 0 Å². The zero-order valence-corrected chi connectivity index (χ0v) is 16.4. The third kappa shape index (κ3) is 2.75. The fraction of sp³-hybridized carbons (Fsp3) is 0.286. The standard InChI is InChI=1S/C21H19ClN2O2S/c1-21(13-23,27(25,26)16-5-3-2-4-6-16)14-7-9-17-18-12-15(22)8-10-19(18)24-20(17)11-14/h2-6,8,10,12,14,24H,7,9,11H2,1H3/t14?,21-/m1/s1. The van der Waals surface area contributed by atoms with Gasteiger partial charge in [-0.1, -0.05) is 29.8 Å². The molecule has 3 aromatic rings. The van der Waals surface area contributed by atoms with E-state index in [-0.39, 0.29) is 10.8 Å². The Morgan fingerprint density at radius 2 is 1.96 bits per heavy atom. The van der Waals surface area contributed by atoms with E-state index in [9.17, 15) is 13.7 Å². The Bertz CT molecular complexity index is 1160. The number of nitriles is 1. The number of benzene rings is 2. The van der Waals surface area contributed by atoms with Crippen molar-refractivity contribution in [1.82, 2.24) is 4.98 Å². The monoisotopic (exact) mass is 398 g/mol. The van der Waals surface area contributed by atoms with E-state index in [2.05, 4.69) is 11.1 Å². The predicted octanol–water partition coefficient (Wildman–Crippen LogP) is 4.68. The van der Waals surface area contributed by atoms with E-state index in [1.54, 1.807) is 37.3 Å². The first-order valence-corrected chi connectivity index (χ1v) is 10.7. The van der Waals surface area contributed by atoms with Crippen LogP contribution in [-0.4, -0.2) is 18.1 Å². The van der Waals surface area contributed by atoms with Gasteiger partial charge in [-0.25, -0.2) is 8.42 Å². The molecule has 0 radical (unpaired) electrons. The highest BCUT2D eigenvalue weighted by molar-refractivity contribution is 7.93. The van der Waals surface area contributed by atoms with Crippen LogP contribution in [-0.2, 0) is 22.7 Å². The molecule has 1 unspecified atom stereocenters. The van der Waals surface area contributed by atoms with Gasteiger partial charge in [0.25, 0.3) is 0 Å². The Hall–Kier alpha value is -2.29. The van der Waals surface area contributed by atoms with Crippen molar-refractivity contribution in [1.29, 1.82) is 5.26 Å². The van der Waals surface area contributed by atoms with E-state index in [1.165, 1.54) is 5.56 Å². The van der Waals surface area contributed by atoms with Gasteiger partial charge in [-0.15, -0.1) is 0 Å². The second-order valence-electron chi connectivity index (χ2n) is 7.25. The Labute approximate surface area is 163 Å². The van der Waals surface area contributed by atoms with E-state index >= 15 is 0 Å². The number of H-pyrrole nitrogens is 1. The SMILES string of the molecule is C[C@@](C#N)(C1CCc2c([nH]c3ccc(Cl)cc23)C1)S(=O)(=O)c1ccccc1. The van der Waals surface area contributed by atoms with Crippen LogP contribution in [0.2, 0.25) is 5.02 Å². The normalized spacial score (nSPS) is 19.2. The molecule has 6 heteroatoms. The molecule has 1 heterocycles. The number of rotatable bonds is 3. The molecule has 2 atom stereocenters. The average molecular weight is 399 g/mol. The number of nitrogens with one attached hydrogen (secondary N) is 1. The third-order valence-electron chi connectivity index (χ3n) is 5.76. The minimum absolute atomic E-state index is 0.197. The number of nitrogens with zero attached hydrogens (tertiary/aromatic N) is 1. The highest BCUT2D eigenvalue weighted by Crippen LogP contribution is 2.41. The van der Waals surface area contributed by atoms with Crippen LogP contribution in [0.5, 0.6) is 0 Å². The van der Waals surface area contributed by atoms with E-state index in [4.69, 9.17) is 11.6 Å². The first kappa shape index (κ1) is 18.1. The second kappa shape index (κ2) is 6.40. The summed E-state index contributed by atoms with van der Waals surface area (Å²) in [6, 6.07) is 16.1. The summed E-state index contributed by atoms with van der Waals surface area (Å²) in [7, 11) is -3.79. The summed E-state index contributed by atoms with van der Waals surface area (Å²) in [6.45, 7) is 1.56. The maximum absolute atomic E-state index is 13.3. The second-order valence-corrected chi connectivity index (χ2v) is 10.0. The van der Waals surface area contributed by atoms with E-state index in [0.29, 0.717) is 17.9 Å². The Morgan fingerprint density at radius 1 is 1.22 bits per heavy atom. The number of halogens is 1. The molecule has 0 amide bonds. The Balaban J connectivity index is 1.75. The predicted molar refractivity (Wildman–Crippen MR) is 106 cm³/mol. The first-order valence-electron chi connectivity index (χ1n) is 8.87. The van der Waals surface area contributed by atoms with Gasteiger partial charge in [0.15, 0.2) is 14.6 Å². The van der Waals surface area contributed by atoms with Crippen LogP contribution in [0, 0.1) is 17.2 Å². The molecule has 0 saturated carbocycles. The lowest BCUT2D eigenvalue weighted by molar-refractivity contribution is 0.385. The Morgan fingerprint density at radius 3 is 2.67 bits per heavy atom. The van der Waals surface area contributed by atoms with Gasteiger partial charge in [0, 0.05) is 21.6 Å². The molecular weight excluding hydrogens is 380 g/mol. The lowest BCUT2D eigenvalue weighted by Gasteiger charge is -2.34. The smallest absolute Gasteiger partial charge is 0.197 e. The summed E-state index contributed by atoms with van der Waals surface area (Å²) >= 11 is 6.13. The summed E-state index contributed by atoms with van der Waals surface area (Å²) in [5.74, 6) is -0.288.